The van der Waals surface area contributed by atoms with E-state index in [-0.39, 0.29) is 5.91 Å². The maximum absolute atomic E-state index is 12.7. The van der Waals surface area contributed by atoms with Crippen molar-refractivity contribution in [3.05, 3.63) is 17.5 Å². The topological polar surface area (TPSA) is 49.3 Å². The summed E-state index contributed by atoms with van der Waals surface area (Å²) < 4.78 is 0. The van der Waals surface area contributed by atoms with Crippen LogP contribution in [0.3, 0.4) is 0 Å². The first-order chi connectivity index (χ1) is 10.5. The predicted octanol–water partition coefficient (Wildman–Crippen LogP) is 2.89. The first-order valence-electron chi connectivity index (χ1n) is 8.37. The van der Waals surface area contributed by atoms with Crippen molar-refractivity contribution in [2.24, 2.45) is 5.92 Å². The highest BCUT2D eigenvalue weighted by Gasteiger charge is 2.23. The molecule has 1 aliphatic heterocycles. The lowest BCUT2D eigenvalue weighted by Crippen LogP contribution is -2.38. The Kier molecular flexibility index (Phi) is 5.75. The van der Waals surface area contributed by atoms with Gasteiger partial charge in [0.05, 0.1) is 0 Å². The molecule has 5 nitrogen and oxygen atoms in total. The fraction of sp³-hybridized carbons (Fsp3) is 0.706. The Morgan fingerprint density at radius 3 is 2.68 bits per heavy atom. The van der Waals surface area contributed by atoms with Crippen molar-refractivity contribution < 1.29 is 4.79 Å². The first-order valence-corrected chi connectivity index (χ1v) is 8.37. The number of aryl methyl sites for hydroxylation is 1. The molecule has 1 aliphatic rings. The van der Waals surface area contributed by atoms with Gasteiger partial charge in [0.2, 0.25) is 5.95 Å². The summed E-state index contributed by atoms with van der Waals surface area (Å²) in [6.45, 7) is 8.92. The Hall–Kier alpha value is -1.65. The van der Waals surface area contributed by atoms with Crippen LogP contribution in [0.25, 0.3) is 0 Å². The first kappa shape index (κ1) is 16.7. The van der Waals surface area contributed by atoms with Crippen LogP contribution in [0.1, 0.15) is 55.7 Å². The largest absolute Gasteiger partial charge is 0.344 e. The summed E-state index contributed by atoms with van der Waals surface area (Å²) in [6.07, 6.45) is 4.40. The van der Waals surface area contributed by atoms with Gasteiger partial charge in [-0.05, 0) is 38.2 Å². The molecule has 0 saturated carbocycles. The number of hydrogen-bond donors (Lipinski definition) is 0. The molecule has 5 heteroatoms. The van der Waals surface area contributed by atoms with Gasteiger partial charge in [-0.3, -0.25) is 4.79 Å². The van der Waals surface area contributed by atoms with Gasteiger partial charge < -0.3 is 9.80 Å². The van der Waals surface area contributed by atoms with Gasteiger partial charge in [-0.25, -0.2) is 9.97 Å². The second-order valence-corrected chi connectivity index (χ2v) is 6.44. The summed E-state index contributed by atoms with van der Waals surface area (Å²) >= 11 is 0. The minimum absolute atomic E-state index is 0.0440. The van der Waals surface area contributed by atoms with Gasteiger partial charge in [0.1, 0.15) is 5.69 Å². The van der Waals surface area contributed by atoms with E-state index in [0.717, 1.165) is 51.0 Å². The number of amides is 1. The number of anilines is 1. The smallest absolute Gasteiger partial charge is 0.272 e. The molecular formula is C17H28N4O. The number of unbranched alkanes of at least 4 members (excludes halogenated alkanes) is 1. The molecule has 0 spiro atoms. The van der Waals surface area contributed by atoms with Crippen LogP contribution in [0, 0.1) is 12.8 Å². The number of likely N-dealkylation sites (tertiary alicyclic amines) is 1. The molecule has 1 aromatic rings. The van der Waals surface area contributed by atoms with Crippen molar-refractivity contribution >= 4 is 11.9 Å². The van der Waals surface area contributed by atoms with E-state index < -0.39 is 0 Å². The average molecular weight is 304 g/mol. The molecule has 0 atom stereocenters. The molecule has 0 aromatic carbocycles. The Bertz CT molecular complexity index is 509. The molecule has 122 valence electrons. The lowest BCUT2D eigenvalue weighted by molar-refractivity contribution is 0.0691. The van der Waals surface area contributed by atoms with E-state index in [1.807, 2.05) is 23.8 Å². The van der Waals surface area contributed by atoms with Crippen molar-refractivity contribution in [2.75, 3.05) is 31.6 Å². The van der Waals surface area contributed by atoms with Gasteiger partial charge >= 0.3 is 0 Å². The molecule has 0 N–H and O–H groups in total. The molecule has 2 heterocycles. The number of aromatic nitrogens is 2. The zero-order valence-electron chi connectivity index (χ0n) is 14.3. The molecule has 2 rings (SSSR count). The predicted molar refractivity (Wildman–Crippen MR) is 89.2 cm³/mol. The van der Waals surface area contributed by atoms with Crippen molar-refractivity contribution in [3.8, 4) is 0 Å². The molecule has 0 unspecified atom stereocenters. The quantitative estimate of drug-likeness (QED) is 0.839. The van der Waals surface area contributed by atoms with Crippen LogP contribution in [0.4, 0.5) is 5.95 Å². The molecule has 0 aliphatic carbocycles. The minimum atomic E-state index is 0.0440. The Morgan fingerprint density at radius 1 is 1.36 bits per heavy atom. The van der Waals surface area contributed by atoms with E-state index in [2.05, 4.69) is 23.8 Å². The standard InChI is InChI=1S/C17H28N4O/c1-5-6-9-20(4)17-18-14(3)12-15(19-17)16(22)21-10-7-13(2)8-11-21/h12-13H,5-11H2,1-4H3. The Labute approximate surface area is 133 Å². The van der Waals surface area contributed by atoms with Crippen LogP contribution < -0.4 is 4.90 Å². The average Bonchev–Trinajstić information content (AvgIpc) is 2.52. The van der Waals surface area contributed by atoms with Crippen LogP contribution in [-0.2, 0) is 0 Å². The SMILES string of the molecule is CCCCN(C)c1nc(C)cc(C(=O)N2CCC(C)CC2)n1. The van der Waals surface area contributed by atoms with Crippen molar-refractivity contribution in [3.63, 3.8) is 0 Å². The Morgan fingerprint density at radius 2 is 2.05 bits per heavy atom. The highest BCUT2D eigenvalue weighted by molar-refractivity contribution is 5.92. The van der Waals surface area contributed by atoms with Crippen LogP contribution in [0.5, 0.6) is 0 Å². The summed E-state index contributed by atoms with van der Waals surface area (Å²) in [5.41, 5.74) is 1.38. The zero-order chi connectivity index (χ0) is 16.1. The molecule has 1 amide bonds. The van der Waals surface area contributed by atoms with Crippen molar-refractivity contribution in [2.45, 2.75) is 46.5 Å². The molecule has 22 heavy (non-hydrogen) atoms. The van der Waals surface area contributed by atoms with Crippen molar-refractivity contribution in [1.29, 1.82) is 0 Å². The zero-order valence-corrected chi connectivity index (χ0v) is 14.3. The number of rotatable bonds is 5. The van der Waals surface area contributed by atoms with E-state index in [1.165, 1.54) is 0 Å². The van der Waals surface area contributed by atoms with Crippen LogP contribution in [0.2, 0.25) is 0 Å². The summed E-state index contributed by atoms with van der Waals surface area (Å²) in [5, 5.41) is 0. The molecule has 1 saturated heterocycles. The third kappa shape index (κ3) is 4.18. The third-order valence-electron chi connectivity index (χ3n) is 4.32. The number of nitrogens with zero attached hydrogens (tertiary/aromatic N) is 4. The Balaban J connectivity index is 2.13. The molecule has 1 aromatic heterocycles. The summed E-state index contributed by atoms with van der Waals surface area (Å²) in [4.78, 5) is 25.6. The second kappa shape index (κ2) is 7.56. The third-order valence-corrected chi connectivity index (χ3v) is 4.32. The van der Waals surface area contributed by atoms with E-state index in [0.29, 0.717) is 17.6 Å². The van der Waals surface area contributed by atoms with Crippen molar-refractivity contribution in [1.82, 2.24) is 14.9 Å². The number of carbonyl (C=O) groups is 1. The van der Waals surface area contributed by atoms with Gasteiger partial charge in [0.25, 0.3) is 5.91 Å². The van der Waals surface area contributed by atoms with Crippen LogP contribution in [-0.4, -0.2) is 47.5 Å². The maximum atomic E-state index is 12.7. The van der Waals surface area contributed by atoms with E-state index in [9.17, 15) is 4.79 Å². The normalized spacial score (nSPS) is 15.9. The van der Waals surface area contributed by atoms with Gasteiger partial charge in [-0.15, -0.1) is 0 Å². The van der Waals surface area contributed by atoms with E-state index in [4.69, 9.17) is 0 Å². The number of carbonyl (C=O) groups excluding carboxylic acids is 1. The highest BCUT2D eigenvalue weighted by atomic mass is 16.2. The number of hydrogen-bond acceptors (Lipinski definition) is 4. The monoisotopic (exact) mass is 304 g/mol. The molecule has 0 bridgehead atoms. The van der Waals surface area contributed by atoms with Crippen LogP contribution >= 0.6 is 0 Å². The number of piperidine rings is 1. The highest BCUT2D eigenvalue weighted by Crippen LogP contribution is 2.18. The van der Waals surface area contributed by atoms with Gasteiger partial charge in [0.15, 0.2) is 0 Å². The maximum Gasteiger partial charge on any atom is 0.272 e. The van der Waals surface area contributed by atoms with Gasteiger partial charge in [-0.1, -0.05) is 20.3 Å². The minimum Gasteiger partial charge on any atom is -0.344 e. The summed E-state index contributed by atoms with van der Waals surface area (Å²) in [6, 6.07) is 1.80. The molecule has 0 radical (unpaired) electrons. The molecular weight excluding hydrogens is 276 g/mol. The molecule has 1 fully saturated rings. The van der Waals surface area contributed by atoms with Crippen LogP contribution in [0.15, 0.2) is 6.07 Å². The van der Waals surface area contributed by atoms with E-state index >= 15 is 0 Å². The van der Waals surface area contributed by atoms with Gasteiger partial charge in [0, 0.05) is 32.4 Å². The fourth-order valence-electron chi connectivity index (χ4n) is 2.70. The fourth-order valence-corrected chi connectivity index (χ4v) is 2.70. The second-order valence-electron chi connectivity index (χ2n) is 6.44. The summed E-state index contributed by atoms with van der Waals surface area (Å²) in [5.74, 6) is 1.41. The summed E-state index contributed by atoms with van der Waals surface area (Å²) in [7, 11) is 1.99. The van der Waals surface area contributed by atoms with E-state index in [1.54, 1.807) is 6.07 Å². The van der Waals surface area contributed by atoms with Gasteiger partial charge in [-0.2, -0.15) is 0 Å². The lowest BCUT2D eigenvalue weighted by Gasteiger charge is -2.30. The lowest BCUT2D eigenvalue weighted by atomic mass is 9.99.